The van der Waals surface area contributed by atoms with E-state index in [9.17, 15) is 9.59 Å². The molecule has 3 aromatic rings. The molecule has 8 heteroatoms. The van der Waals surface area contributed by atoms with Crippen LogP contribution in [0.1, 0.15) is 38.2 Å². The van der Waals surface area contributed by atoms with Crippen LogP contribution in [-0.4, -0.2) is 33.5 Å². The standard InChI is InChI=1S/C24H28N4O3S/c1-2-3-13-27-17-26-28(23(27)30)19-7-9-20(10-8-19)32-21-6-4-5-18(16-21)24(22(25)29)11-14-31-15-12-24/h4-10,16-17H,2-3,11-15H2,1H3,(H2,25,29). The van der Waals surface area contributed by atoms with Crippen LogP contribution in [0.15, 0.2) is 69.4 Å². The van der Waals surface area contributed by atoms with Gasteiger partial charge in [-0.25, -0.2) is 4.79 Å². The first-order chi connectivity index (χ1) is 15.5. The normalized spacial score (nSPS) is 15.5. The zero-order chi connectivity index (χ0) is 22.6. The van der Waals surface area contributed by atoms with Crippen molar-refractivity contribution in [2.75, 3.05) is 13.2 Å². The van der Waals surface area contributed by atoms with E-state index in [0.29, 0.717) is 32.6 Å². The van der Waals surface area contributed by atoms with Crippen molar-refractivity contribution in [3.8, 4) is 5.69 Å². The second-order valence-corrected chi connectivity index (χ2v) is 9.20. The molecule has 1 aromatic heterocycles. The molecule has 4 rings (SSSR count). The van der Waals surface area contributed by atoms with Crippen molar-refractivity contribution in [2.24, 2.45) is 5.73 Å². The minimum atomic E-state index is -0.670. The number of carbonyl (C=O) groups excluding carboxylic acids is 1. The Morgan fingerprint density at radius 2 is 1.91 bits per heavy atom. The smallest absolute Gasteiger partial charge is 0.350 e. The van der Waals surface area contributed by atoms with E-state index in [0.717, 1.165) is 33.9 Å². The molecule has 0 bridgehead atoms. The SMILES string of the molecule is CCCCn1cnn(-c2ccc(Sc3cccc(C4(C(N)=O)CCOCC4)c3)cc2)c1=O. The van der Waals surface area contributed by atoms with Crippen molar-refractivity contribution < 1.29 is 9.53 Å². The van der Waals surface area contributed by atoms with Crippen LogP contribution in [0.5, 0.6) is 0 Å². The number of nitrogens with zero attached hydrogens (tertiary/aromatic N) is 3. The maximum Gasteiger partial charge on any atom is 0.350 e. The number of benzene rings is 2. The molecule has 0 radical (unpaired) electrons. The number of hydrogen-bond donors (Lipinski definition) is 1. The number of aryl methyl sites for hydroxylation is 1. The Bertz CT molecular complexity index is 1130. The van der Waals surface area contributed by atoms with E-state index < -0.39 is 5.41 Å². The van der Waals surface area contributed by atoms with Crippen molar-refractivity contribution in [3.05, 3.63) is 70.9 Å². The predicted octanol–water partition coefficient (Wildman–Crippen LogP) is 3.52. The molecule has 32 heavy (non-hydrogen) atoms. The van der Waals surface area contributed by atoms with E-state index in [-0.39, 0.29) is 11.6 Å². The van der Waals surface area contributed by atoms with Gasteiger partial charge in [-0.05, 0) is 61.2 Å². The summed E-state index contributed by atoms with van der Waals surface area (Å²) in [6, 6.07) is 15.8. The zero-order valence-corrected chi connectivity index (χ0v) is 19.0. The first-order valence-electron chi connectivity index (χ1n) is 10.9. The van der Waals surface area contributed by atoms with Crippen molar-refractivity contribution in [1.29, 1.82) is 0 Å². The summed E-state index contributed by atoms with van der Waals surface area (Å²) < 4.78 is 8.52. The number of ether oxygens (including phenoxy) is 1. The van der Waals surface area contributed by atoms with Gasteiger partial charge in [0, 0.05) is 29.5 Å². The molecule has 1 aliphatic heterocycles. The van der Waals surface area contributed by atoms with E-state index in [1.165, 1.54) is 4.68 Å². The number of amides is 1. The number of primary amides is 1. The number of nitrogens with two attached hydrogens (primary N) is 1. The molecule has 1 aliphatic rings. The Morgan fingerprint density at radius 3 is 2.59 bits per heavy atom. The van der Waals surface area contributed by atoms with E-state index in [1.54, 1.807) is 22.7 Å². The topological polar surface area (TPSA) is 92.1 Å². The summed E-state index contributed by atoms with van der Waals surface area (Å²) in [5.74, 6) is -0.295. The molecule has 0 saturated carbocycles. The van der Waals surface area contributed by atoms with Crippen LogP contribution in [0.2, 0.25) is 0 Å². The molecule has 0 spiro atoms. The summed E-state index contributed by atoms with van der Waals surface area (Å²) in [7, 11) is 0. The fourth-order valence-electron chi connectivity index (χ4n) is 4.04. The van der Waals surface area contributed by atoms with Gasteiger partial charge in [-0.1, -0.05) is 37.2 Å². The van der Waals surface area contributed by atoms with Gasteiger partial charge in [0.25, 0.3) is 0 Å². The Hall–Kier alpha value is -2.84. The molecule has 2 aromatic carbocycles. The van der Waals surface area contributed by atoms with Gasteiger partial charge < -0.3 is 10.5 Å². The van der Waals surface area contributed by atoms with Gasteiger partial charge in [0.15, 0.2) is 0 Å². The van der Waals surface area contributed by atoms with Crippen LogP contribution in [0.4, 0.5) is 0 Å². The van der Waals surface area contributed by atoms with Crippen LogP contribution in [-0.2, 0) is 21.5 Å². The summed E-state index contributed by atoms with van der Waals surface area (Å²) in [5, 5.41) is 4.25. The Balaban J connectivity index is 1.52. The number of aromatic nitrogens is 3. The highest BCUT2D eigenvalue weighted by molar-refractivity contribution is 7.99. The van der Waals surface area contributed by atoms with Gasteiger partial charge in [0.1, 0.15) is 6.33 Å². The monoisotopic (exact) mass is 452 g/mol. The maximum absolute atomic E-state index is 12.5. The number of carbonyl (C=O) groups is 1. The highest BCUT2D eigenvalue weighted by atomic mass is 32.2. The molecular formula is C24H28N4O3S. The van der Waals surface area contributed by atoms with Crippen LogP contribution in [0, 0.1) is 0 Å². The Morgan fingerprint density at radius 1 is 1.16 bits per heavy atom. The van der Waals surface area contributed by atoms with Crippen LogP contribution >= 0.6 is 11.8 Å². The molecule has 0 unspecified atom stereocenters. The number of hydrogen-bond acceptors (Lipinski definition) is 5. The van der Waals surface area contributed by atoms with E-state index in [4.69, 9.17) is 10.5 Å². The third-order valence-electron chi connectivity index (χ3n) is 6.01. The quantitative estimate of drug-likeness (QED) is 0.565. The van der Waals surface area contributed by atoms with Crippen molar-refractivity contribution >= 4 is 17.7 Å². The molecule has 7 nitrogen and oxygen atoms in total. The largest absolute Gasteiger partial charge is 0.381 e. The van der Waals surface area contributed by atoms with Gasteiger partial charge >= 0.3 is 5.69 Å². The highest BCUT2D eigenvalue weighted by Crippen LogP contribution is 2.37. The molecular weight excluding hydrogens is 424 g/mol. The zero-order valence-electron chi connectivity index (χ0n) is 18.2. The first kappa shape index (κ1) is 22.4. The lowest BCUT2D eigenvalue weighted by Gasteiger charge is -2.34. The van der Waals surface area contributed by atoms with E-state index in [2.05, 4.69) is 18.1 Å². The van der Waals surface area contributed by atoms with Gasteiger partial charge in [-0.2, -0.15) is 9.78 Å². The third-order valence-corrected chi connectivity index (χ3v) is 7.01. The van der Waals surface area contributed by atoms with Crippen molar-refractivity contribution in [2.45, 2.75) is 54.4 Å². The maximum atomic E-state index is 12.5. The molecule has 0 aliphatic carbocycles. The minimum Gasteiger partial charge on any atom is -0.381 e. The predicted molar refractivity (Wildman–Crippen MR) is 124 cm³/mol. The summed E-state index contributed by atoms with van der Waals surface area (Å²) in [6.45, 7) is 3.85. The molecule has 2 heterocycles. The number of rotatable bonds is 8. The van der Waals surface area contributed by atoms with Gasteiger partial charge in [0.2, 0.25) is 5.91 Å². The summed E-state index contributed by atoms with van der Waals surface area (Å²) in [4.78, 5) is 26.9. The number of unbranched alkanes of at least 4 members (excludes halogenated alkanes) is 1. The average Bonchev–Trinajstić information content (AvgIpc) is 3.19. The molecule has 1 saturated heterocycles. The van der Waals surface area contributed by atoms with Gasteiger partial charge in [0.05, 0.1) is 11.1 Å². The molecule has 1 fully saturated rings. The highest BCUT2D eigenvalue weighted by Gasteiger charge is 2.40. The van der Waals surface area contributed by atoms with Crippen molar-refractivity contribution in [3.63, 3.8) is 0 Å². The van der Waals surface area contributed by atoms with Crippen LogP contribution in [0.25, 0.3) is 5.69 Å². The van der Waals surface area contributed by atoms with Gasteiger partial charge in [-0.15, -0.1) is 0 Å². The Labute approximate surface area is 191 Å². The lowest BCUT2D eigenvalue weighted by atomic mass is 9.73. The first-order valence-corrected chi connectivity index (χ1v) is 11.8. The molecule has 1 amide bonds. The fraction of sp³-hybridized carbons (Fsp3) is 0.375. The van der Waals surface area contributed by atoms with Crippen LogP contribution < -0.4 is 11.4 Å². The average molecular weight is 453 g/mol. The summed E-state index contributed by atoms with van der Waals surface area (Å²) in [5.41, 5.74) is 6.70. The lowest BCUT2D eigenvalue weighted by Crippen LogP contribution is -2.45. The molecule has 168 valence electrons. The summed E-state index contributed by atoms with van der Waals surface area (Å²) in [6.07, 6.45) is 4.77. The lowest BCUT2D eigenvalue weighted by molar-refractivity contribution is -0.127. The minimum absolute atomic E-state index is 0.125. The van der Waals surface area contributed by atoms with Crippen molar-refractivity contribution in [1.82, 2.24) is 14.3 Å². The Kier molecular flexibility index (Phi) is 6.81. The molecule has 2 N–H and O–H groups in total. The second-order valence-electron chi connectivity index (χ2n) is 8.05. The third kappa shape index (κ3) is 4.52. The fourth-order valence-corrected chi connectivity index (χ4v) is 4.92. The van der Waals surface area contributed by atoms with E-state index >= 15 is 0 Å². The van der Waals surface area contributed by atoms with Crippen LogP contribution in [0.3, 0.4) is 0 Å². The van der Waals surface area contributed by atoms with E-state index in [1.807, 2.05) is 42.5 Å². The molecule has 0 atom stereocenters. The summed E-state index contributed by atoms with van der Waals surface area (Å²) >= 11 is 1.60. The second kappa shape index (κ2) is 9.75. The van der Waals surface area contributed by atoms with Gasteiger partial charge in [-0.3, -0.25) is 9.36 Å².